The highest BCUT2D eigenvalue weighted by Crippen LogP contribution is 2.25. The number of allylic oxidation sites excluding steroid dienone is 2. The molecule has 0 saturated carbocycles. The summed E-state index contributed by atoms with van der Waals surface area (Å²) in [5.74, 6) is 2.38. The van der Waals surface area contributed by atoms with Crippen molar-refractivity contribution in [3.63, 3.8) is 0 Å². The molecule has 0 radical (unpaired) electrons. The number of ether oxygens (including phenoxy) is 1. The van der Waals surface area contributed by atoms with Crippen LogP contribution in [0.1, 0.15) is 18.4 Å². The Morgan fingerprint density at radius 1 is 0.923 bits per heavy atom. The molecule has 0 bridgehead atoms. The zero-order valence-corrected chi connectivity index (χ0v) is 14.6. The summed E-state index contributed by atoms with van der Waals surface area (Å²) in [5.41, 5.74) is 4.00. The van der Waals surface area contributed by atoms with E-state index in [2.05, 4.69) is 24.1 Å². The molecule has 3 heteroatoms. The second-order valence-corrected chi connectivity index (χ2v) is 6.11. The first kappa shape index (κ1) is 16.2. The van der Waals surface area contributed by atoms with Crippen LogP contribution in [0.15, 0.2) is 89.4 Å². The van der Waals surface area contributed by atoms with Gasteiger partial charge in [-0.05, 0) is 54.5 Å². The number of aromatic nitrogens is 1. The van der Waals surface area contributed by atoms with Gasteiger partial charge in [0.2, 0.25) is 0 Å². The average Bonchev–Trinajstić information content (AvgIpc) is 3.10. The maximum absolute atomic E-state index is 5.91. The quantitative estimate of drug-likeness (QED) is 0.429. The number of nitrogens with zero attached hydrogens (tertiary/aromatic N) is 1. The van der Waals surface area contributed by atoms with Crippen LogP contribution < -0.4 is 4.74 Å². The van der Waals surface area contributed by atoms with E-state index in [9.17, 15) is 0 Å². The highest BCUT2D eigenvalue weighted by atomic mass is 16.5. The molecule has 0 fully saturated rings. The summed E-state index contributed by atoms with van der Waals surface area (Å²) in [4.78, 5) is 4.52. The minimum atomic E-state index is 0.657. The van der Waals surface area contributed by atoms with Gasteiger partial charge >= 0.3 is 0 Å². The first-order valence-electron chi connectivity index (χ1n) is 8.62. The predicted molar refractivity (Wildman–Crippen MR) is 104 cm³/mol. The van der Waals surface area contributed by atoms with Crippen molar-refractivity contribution in [3.05, 3.63) is 96.4 Å². The van der Waals surface area contributed by atoms with E-state index in [-0.39, 0.29) is 0 Å². The monoisotopic (exact) mass is 341 g/mol. The molecule has 0 aliphatic carbocycles. The predicted octanol–water partition coefficient (Wildman–Crippen LogP) is 6.27. The van der Waals surface area contributed by atoms with Gasteiger partial charge in [0.05, 0.1) is 0 Å². The summed E-state index contributed by atoms with van der Waals surface area (Å²) in [6.45, 7) is 2.09. The van der Waals surface area contributed by atoms with Crippen molar-refractivity contribution in [2.24, 2.45) is 0 Å². The summed E-state index contributed by atoms with van der Waals surface area (Å²) in [6.07, 6.45) is 2.79. The molecule has 0 unspecified atom stereocenters. The Hall–Kier alpha value is -3.33. The highest BCUT2D eigenvalue weighted by molar-refractivity contribution is 5.72. The summed E-state index contributed by atoms with van der Waals surface area (Å²) in [5, 5.41) is 0. The van der Waals surface area contributed by atoms with Crippen molar-refractivity contribution < 1.29 is 9.15 Å². The average molecular weight is 341 g/mol. The van der Waals surface area contributed by atoms with E-state index >= 15 is 0 Å². The minimum Gasteiger partial charge on any atom is -0.457 e. The lowest BCUT2D eigenvalue weighted by molar-refractivity contribution is 0.482. The molecule has 1 aromatic heterocycles. The molecular formula is C23H19NO2. The standard InChI is InChI=1S/C23H19NO2/c1-17(14-15-23-24-21-12-5-6-13-22(21)26-23)18-8-7-11-20(16-18)25-19-9-3-2-4-10-19/h2-14,16H,15H2,1H3. The highest BCUT2D eigenvalue weighted by Gasteiger charge is 2.05. The number of rotatable bonds is 5. The molecule has 0 N–H and O–H groups in total. The molecule has 0 spiro atoms. The Labute approximate surface area is 152 Å². The molecule has 1 heterocycles. The molecule has 0 atom stereocenters. The van der Waals surface area contributed by atoms with Crippen LogP contribution in [0.2, 0.25) is 0 Å². The van der Waals surface area contributed by atoms with E-state index in [4.69, 9.17) is 9.15 Å². The summed E-state index contributed by atoms with van der Waals surface area (Å²) < 4.78 is 11.7. The van der Waals surface area contributed by atoms with Gasteiger partial charge in [0.15, 0.2) is 11.5 Å². The Balaban J connectivity index is 1.51. The molecule has 0 saturated heterocycles. The molecule has 0 aliphatic rings. The Bertz CT molecular complexity index is 1010. The Morgan fingerprint density at radius 2 is 1.69 bits per heavy atom. The van der Waals surface area contributed by atoms with Crippen molar-refractivity contribution in [2.45, 2.75) is 13.3 Å². The lowest BCUT2D eigenvalue weighted by Gasteiger charge is -2.08. The van der Waals surface area contributed by atoms with Crippen LogP contribution >= 0.6 is 0 Å². The molecule has 0 aliphatic heterocycles. The first-order valence-corrected chi connectivity index (χ1v) is 8.62. The lowest BCUT2D eigenvalue weighted by atomic mass is 10.1. The summed E-state index contributed by atoms with van der Waals surface area (Å²) in [7, 11) is 0. The van der Waals surface area contributed by atoms with Crippen molar-refractivity contribution >= 4 is 16.7 Å². The number of oxazole rings is 1. The number of hydrogen-bond donors (Lipinski definition) is 0. The molecule has 3 aromatic carbocycles. The van der Waals surface area contributed by atoms with E-state index in [1.807, 2.05) is 72.8 Å². The zero-order valence-electron chi connectivity index (χ0n) is 14.6. The molecule has 4 rings (SSSR count). The van der Waals surface area contributed by atoms with Crippen molar-refractivity contribution in [2.75, 3.05) is 0 Å². The van der Waals surface area contributed by atoms with Crippen molar-refractivity contribution in [1.82, 2.24) is 4.98 Å². The van der Waals surface area contributed by atoms with Gasteiger partial charge in [-0.25, -0.2) is 4.98 Å². The molecule has 4 aromatic rings. The van der Waals surface area contributed by atoms with Crippen LogP contribution in [0, 0.1) is 0 Å². The van der Waals surface area contributed by atoms with Gasteiger partial charge in [-0.1, -0.05) is 48.5 Å². The molecule has 26 heavy (non-hydrogen) atoms. The lowest BCUT2D eigenvalue weighted by Crippen LogP contribution is -1.87. The van der Waals surface area contributed by atoms with Crippen molar-refractivity contribution in [3.8, 4) is 11.5 Å². The fourth-order valence-corrected chi connectivity index (χ4v) is 2.79. The maximum atomic E-state index is 5.91. The van der Waals surface area contributed by atoms with Gasteiger partial charge in [-0.2, -0.15) is 0 Å². The van der Waals surface area contributed by atoms with Gasteiger partial charge in [0.25, 0.3) is 0 Å². The number of benzene rings is 3. The molecule has 128 valence electrons. The smallest absolute Gasteiger partial charge is 0.199 e. The van der Waals surface area contributed by atoms with E-state index in [0.717, 1.165) is 39.6 Å². The topological polar surface area (TPSA) is 35.3 Å². The summed E-state index contributed by atoms with van der Waals surface area (Å²) >= 11 is 0. The summed E-state index contributed by atoms with van der Waals surface area (Å²) in [6, 6.07) is 25.7. The number of fused-ring (bicyclic) bond motifs is 1. The van der Waals surface area contributed by atoms with Gasteiger partial charge in [0.1, 0.15) is 17.0 Å². The van der Waals surface area contributed by atoms with E-state index in [0.29, 0.717) is 6.42 Å². The van der Waals surface area contributed by atoms with Crippen LogP contribution in [0.25, 0.3) is 16.7 Å². The van der Waals surface area contributed by atoms with Crippen LogP contribution in [-0.4, -0.2) is 4.98 Å². The Morgan fingerprint density at radius 3 is 2.54 bits per heavy atom. The third kappa shape index (κ3) is 3.67. The second kappa shape index (κ2) is 7.28. The zero-order chi connectivity index (χ0) is 17.8. The molecule has 0 amide bonds. The second-order valence-electron chi connectivity index (χ2n) is 6.11. The largest absolute Gasteiger partial charge is 0.457 e. The number of para-hydroxylation sites is 3. The van der Waals surface area contributed by atoms with Crippen molar-refractivity contribution in [1.29, 1.82) is 0 Å². The molecular weight excluding hydrogens is 322 g/mol. The van der Waals surface area contributed by atoms with Crippen LogP contribution in [-0.2, 0) is 6.42 Å². The minimum absolute atomic E-state index is 0.657. The maximum Gasteiger partial charge on any atom is 0.199 e. The third-order valence-corrected chi connectivity index (χ3v) is 4.19. The Kier molecular flexibility index (Phi) is 4.52. The van der Waals surface area contributed by atoms with E-state index in [1.165, 1.54) is 0 Å². The SMILES string of the molecule is CC(=CCc1nc2ccccc2o1)c1cccc(Oc2ccccc2)c1. The number of hydrogen-bond acceptors (Lipinski definition) is 3. The van der Waals surface area contributed by atoms with Gasteiger partial charge in [-0.15, -0.1) is 0 Å². The van der Waals surface area contributed by atoms with Crippen LogP contribution in [0.3, 0.4) is 0 Å². The third-order valence-electron chi connectivity index (χ3n) is 4.19. The van der Waals surface area contributed by atoms with Crippen LogP contribution in [0.4, 0.5) is 0 Å². The van der Waals surface area contributed by atoms with Gasteiger partial charge < -0.3 is 9.15 Å². The van der Waals surface area contributed by atoms with Crippen LogP contribution in [0.5, 0.6) is 11.5 Å². The van der Waals surface area contributed by atoms with E-state index in [1.54, 1.807) is 0 Å². The van der Waals surface area contributed by atoms with E-state index < -0.39 is 0 Å². The fourth-order valence-electron chi connectivity index (χ4n) is 2.79. The molecule has 3 nitrogen and oxygen atoms in total. The normalized spacial score (nSPS) is 11.7. The van der Waals surface area contributed by atoms with Gasteiger partial charge in [0, 0.05) is 6.42 Å². The first-order chi connectivity index (χ1) is 12.8. The van der Waals surface area contributed by atoms with Gasteiger partial charge in [-0.3, -0.25) is 0 Å². The fraction of sp³-hybridized carbons (Fsp3) is 0.0870.